The molecule has 1 aromatic rings. The van der Waals surface area contributed by atoms with Gasteiger partial charge in [-0.2, -0.15) is 0 Å². The van der Waals surface area contributed by atoms with Gasteiger partial charge in [0.1, 0.15) is 0 Å². The predicted molar refractivity (Wildman–Crippen MR) is 75.0 cm³/mol. The Hall–Kier alpha value is -1.22. The molecule has 2 N–H and O–H groups in total. The largest absolute Gasteiger partial charge is 0.371 e. The zero-order chi connectivity index (χ0) is 12.4. The molecular formula is C14H23N3. The van der Waals surface area contributed by atoms with Crippen LogP contribution in [-0.4, -0.2) is 33.2 Å². The van der Waals surface area contributed by atoms with E-state index in [1.54, 1.807) is 0 Å². The summed E-state index contributed by atoms with van der Waals surface area (Å²) in [7, 11) is 4.35. The Balaban J connectivity index is 2.35. The molecule has 3 nitrogen and oxygen atoms in total. The molecule has 0 saturated heterocycles. The van der Waals surface area contributed by atoms with Gasteiger partial charge in [0, 0.05) is 26.7 Å². The van der Waals surface area contributed by atoms with Crippen molar-refractivity contribution in [1.82, 2.24) is 0 Å². The predicted octanol–water partition coefficient (Wildman–Crippen LogP) is 1.85. The van der Waals surface area contributed by atoms with Crippen LogP contribution in [0.4, 0.5) is 11.4 Å². The van der Waals surface area contributed by atoms with E-state index in [-0.39, 0.29) is 0 Å². The van der Waals surface area contributed by atoms with Crippen molar-refractivity contribution in [2.75, 3.05) is 37.0 Å². The van der Waals surface area contributed by atoms with Crippen LogP contribution in [0.1, 0.15) is 18.9 Å². The van der Waals surface area contributed by atoms with Crippen LogP contribution in [0.25, 0.3) is 0 Å². The normalized spacial score (nSPS) is 19.4. The summed E-state index contributed by atoms with van der Waals surface area (Å²) in [6.07, 6.45) is 2.14. The van der Waals surface area contributed by atoms with Gasteiger partial charge in [0.25, 0.3) is 0 Å². The van der Waals surface area contributed by atoms with E-state index in [0.717, 1.165) is 25.9 Å². The van der Waals surface area contributed by atoms with Gasteiger partial charge in [0.15, 0.2) is 0 Å². The third-order valence-electron chi connectivity index (χ3n) is 3.77. The van der Waals surface area contributed by atoms with Gasteiger partial charge in [-0.1, -0.05) is 13.0 Å². The van der Waals surface area contributed by atoms with E-state index in [4.69, 9.17) is 5.73 Å². The van der Waals surface area contributed by atoms with Crippen LogP contribution < -0.4 is 15.5 Å². The second-order valence-electron chi connectivity index (χ2n) is 4.90. The molecule has 1 aromatic carbocycles. The van der Waals surface area contributed by atoms with Crippen molar-refractivity contribution in [3.8, 4) is 0 Å². The van der Waals surface area contributed by atoms with Crippen molar-refractivity contribution in [2.45, 2.75) is 25.8 Å². The molecular weight excluding hydrogens is 210 g/mol. The van der Waals surface area contributed by atoms with Gasteiger partial charge in [0.05, 0.1) is 11.4 Å². The molecule has 1 unspecified atom stereocenters. The highest BCUT2D eigenvalue weighted by Gasteiger charge is 2.25. The second kappa shape index (κ2) is 4.96. The van der Waals surface area contributed by atoms with E-state index in [1.165, 1.54) is 16.9 Å². The molecule has 0 aromatic heterocycles. The fourth-order valence-electron chi connectivity index (χ4n) is 2.61. The summed E-state index contributed by atoms with van der Waals surface area (Å²) in [6.45, 7) is 4.02. The Labute approximate surface area is 104 Å². The molecule has 0 amide bonds. The fourth-order valence-corrected chi connectivity index (χ4v) is 2.61. The number of rotatable bonds is 3. The standard InChI is InChI=1S/C14H23N3/c1-4-11-5-6-13-14(9-11)17(3)12(7-8-15)10-16(13)2/h5-6,9,12H,4,7-8,10,15H2,1-3H3. The van der Waals surface area contributed by atoms with E-state index in [9.17, 15) is 0 Å². The molecule has 0 spiro atoms. The van der Waals surface area contributed by atoms with Crippen LogP contribution in [-0.2, 0) is 6.42 Å². The molecule has 0 aliphatic carbocycles. The Bertz CT molecular complexity index is 389. The quantitative estimate of drug-likeness (QED) is 0.865. The van der Waals surface area contributed by atoms with E-state index < -0.39 is 0 Å². The topological polar surface area (TPSA) is 32.5 Å². The number of hydrogen-bond donors (Lipinski definition) is 1. The molecule has 94 valence electrons. The van der Waals surface area contributed by atoms with Gasteiger partial charge in [0.2, 0.25) is 0 Å². The van der Waals surface area contributed by atoms with E-state index >= 15 is 0 Å². The number of anilines is 2. The first-order chi connectivity index (χ1) is 8.17. The summed E-state index contributed by atoms with van der Waals surface area (Å²) in [6, 6.07) is 7.31. The van der Waals surface area contributed by atoms with Crippen molar-refractivity contribution in [2.24, 2.45) is 5.73 Å². The van der Waals surface area contributed by atoms with E-state index in [2.05, 4.69) is 49.0 Å². The second-order valence-corrected chi connectivity index (χ2v) is 4.90. The maximum Gasteiger partial charge on any atom is 0.0607 e. The van der Waals surface area contributed by atoms with Gasteiger partial charge in [-0.25, -0.2) is 0 Å². The highest BCUT2D eigenvalue weighted by Crippen LogP contribution is 2.35. The summed E-state index contributed by atoms with van der Waals surface area (Å²) in [5.74, 6) is 0. The molecule has 17 heavy (non-hydrogen) atoms. The zero-order valence-corrected chi connectivity index (χ0v) is 11.1. The van der Waals surface area contributed by atoms with Crippen molar-refractivity contribution in [3.05, 3.63) is 23.8 Å². The van der Waals surface area contributed by atoms with Crippen LogP contribution >= 0.6 is 0 Å². The number of likely N-dealkylation sites (N-methyl/N-ethyl adjacent to an activating group) is 2. The number of fused-ring (bicyclic) bond motifs is 1. The summed E-state index contributed by atoms with van der Waals surface area (Å²) < 4.78 is 0. The molecule has 1 aliphatic heterocycles. The lowest BCUT2D eigenvalue weighted by Crippen LogP contribution is -2.46. The van der Waals surface area contributed by atoms with Gasteiger partial charge < -0.3 is 15.5 Å². The molecule has 3 heteroatoms. The summed E-state index contributed by atoms with van der Waals surface area (Å²) in [4.78, 5) is 4.73. The molecule has 1 heterocycles. The molecule has 2 rings (SSSR count). The SMILES string of the molecule is CCc1ccc2c(c1)N(C)C(CCN)CN2C. The van der Waals surface area contributed by atoms with Gasteiger partial charge >= 0.3 is 0 Å². The minimum Gasteiger partial charge on any atom is -0.371 e. The number of benzene rings is 1. The lowest BCUT2D eigenvalue weighted by Gasteiger charge is -2.41. The maximum absolute atomic E-state index is 5.70. The van der Waals surface area contributed by atoms with Gasteiger partial charge in [-0.05, 0) is 37.1 Å². The lowest BCUT2D eigenvalue weighted by atomic mass is 10.0. The molecule has 0 saturated carbocycles. The maximum atomic E-state index is 5.70. The molecule has 0 fully saturated rings. The highest BCUT2D eigenvalue weighted by molar-refractivity contribution is 5.74. The number of hydrogen-bond acceptors (Lipinski definition) is 3. The van der Waals surface area contributed by atoms with E-state index in [0.29, 0.717) is 6.04 Å². The van der Waals surface area contributed by atoms with Crippen molar-refractivity contribution < 1.29 is 0 Å². The molecule has 1 aliphatic rings. The third-order valence-corrected chi connectivity index (χ3v) is 3.77. The molecule has 1 atom stereocenters. The van der Waals surface area contributed by atoms with Gasteiger partial charge in [-0.15, -0.1) is 0 Å². The molecule has 0 radical (unpaired) electrons. The average molecular weight is 233 g/mol. The average Bonchev–Trinajstić information content (AvgIpc) is 2.35. The lowest BCUT2D eigenvalue weighted by molar-refractivity contribution is 0.567. The Morgan fingerprint density at radius 3 is 2.71 bits per heavy atom. The number of nitrogens with zero attached hydrogens (tertiary/aromatic N) is 2. The van der Waals surface area contributed by atoms with Crippen molar-refractivity contribution in [3.63, 3.8) is 0 Å². The number of aryl methyl sites for hydroxylation is 1. The van der Waals surface area contributed by atoms with Crippen LogP contribution in [0.2, 0.25) is 0 Å². The third kappa shape index (κ3) is 2.25. The minimum absolute atomic E-state index is 0.532. The minimum atomic E-state index is 0.532. The van der Waals surface area contributed by atoms with Crippen LogP contribution in [0.5, 0.6) is 0 Å². The summed E-state index contributed by atoms with van der Waals surface area (Å²) >= 11 is 0. The first kappa shape index (κ1) is 12.2. The van der Waals surface area contributed by atoms with E-state index in [1.807, 2.05) is 0 Å². The zero-order valence-electron chi connectivity index (χ0n) is 11.1. The summed E-state index contributed by atoms with van der Waals surface area (Å²) in [5, 5.41) is 0. The van der Waals surface area contributed by atoms with Crippen molar-refractivity contribution in [1.29, 1.82) is 0 Å². The van der Waals surface area contributed by atoms with Crippen LogP contribution in [0.15, 0.2) is 18.2 Å². The monoisotopic (exact) mass is 233 g/mol. The highest BCUT2D eigenvalue weighted by atomic mass is 15.3. The Morgan fingerprint density at radius 1 is 1.29 bits per heavy atom. The van der Waals surface area contributed by atoms with Gasteiger partial charge in [-0.3, -0.25) is 0 Å². The van der Waals surface area contributed by atoms with Crippen molar-refractivity contribution >= 4 is 11.4 Å². The first-order valence-corrected chi connectivity index (χ1v) is 6.44. The Kier molecular flexibility index (Phi) is 3.57. The smallest absolute Gasteiger partial charge is 0.0607 e. The van der Waals surface area contributed by atoms with Crippen LogP contribution in [0, 0.1) is 0 Å². The summed E-state index contributed by atoms with van der Waals surface area (Å²) in [5.41, 5.74) is 9.77. The Morgan fingerprint density at radius 2 is 2.06 bits per heavy atom. The van der Waals surface area contributed by atoms with Crippen LogP contribution in [0.3, 0.4) is 0 Å². The fraction of sp³-hybridized carbons (Fsp3) is 0.571. The number of nitrogens with two attached hydrogens (primary N) is 1. The molecule has 0 bridgehead atoms. The first-order valence-electron chi connectivity index (χ1n) is 6.44.